The molecule has 0 aromatic heterocycles. The van der Waals surface area contributed by atoms with Gasteiger partial charge in [-0.1, -0.05) is 41.8 Å². The number of allylic oxidation sites excluding steroid dienone is 6. The van der Waals surface area contributed by atoms with Gasteiger partial charge in [0, 0.05) is 16.7 Å². The maximum Gasteiger partial charge on any atom is 0.0667 e. The van der Waals surface area contributed by atoms with Crippen molar-refractivity contribution < 1.29 is 0 Å². The van der Waals surface area contributed by atoms with E-state index in [1.54, 1.807) is 0 Å². The van der Waals surface area contributed by atoms with E-state index in [4.69, 9.17) is 6.42 Å². The van der Waals surface area contributed by atoms with Crippen LogP contribution >= 0.6 is 0 Å². The number of benzene rings is 1. The molecule has 0 spiro atoms. The van der Waals surface area contributed by atoms with Crippen molar-refractivity contribution in [1.29, 1.82) is 0 Å². The van der Waals surface area contributed by atoms with Gasteiger partial charge in [0.15, 0.2) is 0 Å². The summed E-state index contributed by atoms with van der Waals surface area (Å²) in [7, 11) is 0. The zero-order chi connectivity index (χ0) is 15.2. The molecule has 1 aromatic carbocycles. The fraction of sp³-hybridized carbons (Fsp3) is 0. The van der Waals surface area contributed by atoms with Gasteiger partial charge in [0.2, 0.25) is 0 Å². The van der Waals surface area contributed by atoms with E-state index < -0.39 is 0 Å². The fourth-order valence-electron chi connectivity index (χ4n) is 1.95. The van der Waals surface area contributed by atoms with Crippen LogP contribution in [0.15, 0.2) is 77.3 Å². The predicted octanol–water partition coefficient (Wildman–Crippen LogP) is 3.67. The van der Waals surface area contributed by atoms with Crippen LogP contribution in [0.25, 0.3) is 0 Å². The van der Waals surface area contributed by atoms with Crippen LogP contribution < -0.4 is 0 Å². The lowest BCUT2D eigenvalue weighted by Crippen LogP contribution is -1.84. The molecule has 2 aliphatic rings. The monoisotopic (exact) mass is 274 g/mol. The van der Waals surface area contributed by atoms with Crippen molar-refractivity contribution in [3.05, 3.63) is 94.0 Å². The minimum absolute atomic E-state index is 0.772. The molecule has 0 atom stereocenters. The van der Waals surface area contributed by atoms with Crippen molar-refractivity contribution in [2.75, 3.05) is 0 Å². The van der Waals surface area contributed by atoms with Crippen molar-refractivity contribution >= 4 is 0 Å². The summed E-state index contributed by atoms with van der Waals surface area (Å²) >= 11 is 0. The highest BCUT2D eigenvalue weighted by Gasteiger charge is 1.97. The molecule has 3 rings (SSSR count). The first-order valence-corrected chi connectivity index (χ1v) is 6.76. The topological polar surface area (TPSA) is 0 Å². The average Bonchev–Trinajstić information content (AvgIpc) is 3.24. The normalized spacial score (nSPS) is 12.9. The van der Waals surface area contributed by atoms with Gasteiger partial charge in [-0.2, -0.15) is 0 Å². The molecule has 0 bridgehead atoms. The second-order valence-corrected chi connectivity index (χ2v) is 4.61. The van der Waals surface area contributed by atoms with Gasteiger partial charge < -0.3 is 0 Å². The first-order valence-electron chi connectivity index (χ1n) is 6.76. The summed E-state index contributed by atoms with van der Waals surface area (Å²) in [4.78, 5) is 0. The van der Waals surface area contributed by atoms with Gasteiger partial charge in [0.25, 0.3) is 0 Å². The Morgan fingerprint density at radius 1 is 0.682 bits per heavy atom. The molecule has 98 valence electrons. The molecule has 0 nitrogen and oxygen atoms in total. The molecule has 0 N–H and O–H groups in total. The largest absolute Gasteiger partial charge is 0.115 e. The third-order valence-electron chi connectivity index (χ3n) is 2.98. The Labute approximate surface area is 130 Å². The van der Waals surface area contributed by atoms with Crippen LogP contribution in [-0.2, 0) is 0 Å². The van der Waals surface area contributed by atoms with Crippen molar-refractivity contribution in [3.63, 3.8) is 0 Å². The van der Waals surface area contributed by atoms with Gasteiger partial charge in [0.1, 0.15) is 0 Å². The van der Waals surface area contributed by atoms with E-state index >= 15 is 0 Å². The van der Waals surface area contributed by atoms with Gasteiger partial charge in [-0.15, -0.1) is 17.9 Å². The zero-order valence-electron chi connectivity index (χ0n) is 11.8. The minimum atomic E-state index is 0.772. The molecule has 0 saturated carbocycles. The summed E-state index contributed by atoms with van der Waals surface area (Å²) in [5, 5.41) is 0. The van der Waals surface area contributed by atoms with Gasteiger partial charge >= 0.3 is 0 Å². The summed E-state index contributed by atoms with van der Waals surface area (Å²) in [6, 6.07) is 5.71. The first-order chi connectivity index (χ1) is 10.8. The lowest BCUT2D eigenvalue weighted by atomic mass is 10.1. The zero-order valence-corrected chi connectivity index (χ0v) is 11.8. The van der Waals surface area contributed by atoms with Crippen LogP contribution in [0, 0.1) is 36.0 Å². The van der Waals surface area contributed by atoms with Crippen LogP contribution in [0.3, 0.4) is 0 Å². The van der Waals surface area contributed by atoms with Crippen LogP contribution in [0.1, 0.15) is 16.7 Å². The summed E-state index contributed by atoms with van der Waals surface area (Å²) in [5.74, 6) is 15.0. The van der Waals surface area contributed by atoms with E-state index in [0.717, 1.165) is 27.8 Å². The van der Waals surface area contributed by atoms with Gasteiger partial charge in [0.05, 0.1) is 11.1 Å². The number of terminal acetylenes is 1. The SMILES string of the molecule is C#Cc1cc(C#CC2=C=CC=C2)cc(C#CC2=C=CC=C2)c1. The number of rotatable bonds is 0. The van der Waals surface area contributed by atoms with Crippen LogP contribution in [-0.4, -0.2) is 0 Å². The van der Waals surface area contributed by atoms with Crippen LogP contribution in [0.5, 0.6) is 0 Å². The Morgan fingerprint density at radius 3 is 1.59 bits per heavy atom. The molecular formula is C22H10. The highest BCUT2D eigenvalue weighted by atomic mass is 14.0. The average molecular weight is 274 g/mol. The Kier molecular flexibility index (Phi) is 3.81. The summed E-state index contributed by atoms with van der Waals surface area (Å²) in [6.45, 7) is 0. The van der Waals surface area contributed by atoms with E-state index in [9.17, 15) is 0 Å². The van der Waals surface area contributed by atoms with Gasteiger partial charge in [-0.25, -0.2) is 0 Å². The Morgan fingerprint density at radius 2 is 1.18 bits per heavy atom. The lowest BCUT2D eigenvalue weighted by molar-refractivity contribution is 1.56. The summed E-state index contributed by atoms with van der Waals surface area (Å²) in [6.07, 6.45) is 16.9. The Bertz CT molecular complexity index is 920. The van der Waals surface area contributed by atoms with Gasteiger partial charge in [-0.3, -0.25) is 0 Å². The van der Waals surface area contributed by atoms with Crippen molar-refractivity contribution in [2.24, 2.45) is 0 Å². The highest BCUT2D eigenvalue weighted by molar-refractivity contribution is 5.55. The maximum absolute atomic E-state index is 5.51. The standard InChI is InChI=1S/C22H10/c1-2-18-15-21(13-11-19-7-3-4-8-19)17-22(16-18)14-12-20-9-5-6-10-20/h1,3-7,9,15-17H. The molecule has 0 heteroatoms. The first kappa shape index (κ1) is 13.4. The third kappa shape index (κ3) is 3.30. The molecule has 0 heterocycles. The Balaban J connectivity index is 1.94. The predicted molar refractivity (Wildman–Crippen MR) is 89.6 cm³/mol. The molecular weight excluding hydrogens is 264 g/mol. The summed E-state index contributed by atoms with van der Waals surface area (Å²) in [5.41, 5.74) is 10.3. The molecule has 2 aliphatic carbocycles. The molecule has 1 aromatic rings. The van der Waals surface area contributed by atoms with Crippen molar-refractivity contribution in [2.45, 2.75) is 0 Å². The van der Waals surface area contributed by atoms with E-state index in [0.29, 0.717) is 0 Å². The maximum atomic E-state index is 5.51. The molecule has 22 heavy (non-hydrogen) atoms. The highest BCUT2D eigenvalue weighted by Crippen LogP contribution is 2.10. The molecule has 0 fully saturated rings. The molecule has 0 amide bonds. The van der Waals surface area contributed by atoms with E-state index in [2.05, 4.69) is 41.1 Å². The second-order valence-electron chi connectivity index (χ2n) is 4.61. The van der Waals surface area contributed by atoms with Crippen molar-refractivity contribution in [1.82, 2.24) is 0 Å². The fourth-order valence-corrected chi connectivity index (χ4v) is 1.95. The van der Waals surface area contributed by atoms with E-state index in [1.807, 2.05) is 54.7 Å². The number of hydrogen-bond acceptors (Lipinski definition) is 0. The molecule has 0 aliphatic heterocycles. The minimum Gasteiger partial charge on any atom is -0.115 e. The lowest BCUT2D eigenvalue weighted by Gasteiger charge is -1.96. The van der Waals surface area contributed by atoms with Crippen LogP contribution in [0.4, 0.5) is 0 Å². The molecule has 0 radical (unpaired) electrons. The van der Waals surface area contributed by atoms with Gasteiger partial charge in [-0.05, 0) is 42.5 Å². The third-order valence-corrected chi connectivity index (χ3v) is 2.98. The van der Waals surface area contributed by atoms with E-state index in [1.165, 1.54) is 0 Å². The number of hydrogen-bond donors (Lipinski definition) is 0. The summed E-state index contributed by atoms with van der Waals surface area (Å²) < 4.78 is 0. The van der Waals surface area contributed by atoms with E-state index in [-0.39, 0.29) is 0 Å². The van der Waals surface area contributed by atoms with Crippen LogP contribution in [0.2, 0.25) is 0 Å². The molecule has 0 unspecified atom stereocenters. The second kappa shape index (κ2) is 6.25. The smallest absolute Gasteiger partial charge is 0.0667 e. The Hall–Kier alpha value is -3.58. The van der Waals surface area contributed by atoms with Crippen molar-refractivity contribution in [3.8, 4) is 36.0 Å². The quantitative estimate of drug-likeness (QED) is 0.500. The molecule has 0 saturated heterocycles.